The SMILES string of the molecule is CC(CN1CCCCC1)Nc1ncnc(N)c1[N+](=O)[O-]. The van der Waals surface area contributed by atoms with Crippen LogP contribution in [0.1, 0.15) is 26.2 Å². The fourth-order valence-corrected chi connectivity index (χ4v) is 2.49. The van der Waals surface area contributed by atoms with Crippen molar-refractivity contribution >= 4 is 17.3 Å². The molecular weight excluding hydrogens is 260 g/mol. The summed E-state index contributed by atoms with van der Waals surface area (Å²) in [5.74, 6) is 0.0738. The van der Waals surface area contributed by atoms with E-state index in [0.717, 1.165) is 19.6 Å². The lowest BCUT2D eigenvalue weighted by atomic mass is 10.1. The fraction of sp³-hybridized carbons (Fsp3) is 0.667. The van der Waals surface area contributed by atoms with Crippen molar-refractivity contribution < 1.29 is 4.92 Å². The van der Waals surface area contributed by atoms with E-state index in [1.165, 1.54) is 25.6 Å². The normalized spacial score (nSPS) is 17.6. The zero-order chi connectivity index (χ0) is 14.5. The van der Waals surface area contributed by atoms with E-state index in [0.29, 0.717) is 0 Å². The Labute approximate surface area is 117 Å². The molecule has 2 heterocycles. The molecule has 110 valence electrons. The third-order valence-electron chi connectivity index (χ3n) is 3.40. The summed E-state index contributed by atoms with van der Waals surface area (Å²) in [7, 11) is 0. The van der Waals surface area contributed by atoms with Gasteiger partial charge in [0.1, 0.15) is 6.33 Å². The summed E-state index contributed by atoms with van der Waals surface area (Å²) < 4.78 is 0. The van der Waals surface area contributed by atoms with Gasteiger partial charge in [0.15, 0.2) is 0 Å². The molecule has 0 spiro atoms. The van der Waals surface area contributed by atoms with Crippen molar-refractivity contribution in [3.63, 3.8) is 0 Å². The highest BCUT2D eigenvalue weighted by Crippen LogP contribution is 2.26. The first kappa shape index (κ1) is 14.4. The summed E-state index contributed by atoms with van der Waals surface area (Å²) >= 11 is 0. The zero-order valence-corrected chi connectivity index (χ0v) is 11.6. The number of hydrogen-bond acceptors (Lipinski definition) is 7. The molecule has 1 aromatic rings. The molecule has 0 aliphatic carbocycles. The number of rotatable bonds is 5. The van der Waals surface area contributed by atoms with Gasteiger partial charge in [-0.2, -0.15) is 0 Å². The highest BCUT2D eigenvalue weighted by atomic mass is 16.6. The number of nitro groups is 1. The average Bonchev–Trinajstić information content (AvgIpc) is 2.39. The molecule has 1 atom stereocenters. The Morgan fingerprint density at radius 2 is 2.15 bits per heavy atom. The summed E-state index contributed by atoms with van der Waals surface area (Å²) in [6.45, 7) is 4.98. The number of nitrogens with zero attached hydrogens (tertiary/aromatic N) is 4. The Morgan fingerprint density at radius 3 is 2.80 bits per heavy atom. The van der Waals surface area contributed by atoms with Crippen LogP contribution < -0.4 is 11.1 Å². The van der Waals surface area contributed by atoms with Gasteiger partial charge in [0, 0.05) is 12.6 Å². The molecule has 0 bridgehead atoms. The Hall–Kier alpha value is -1.96. The monoisotopic (exact) mass is 280 g/mol. The molecular formula is C12H20N6O2. The number of hydrogen-bond donors (Lipinski definition) is 2. The maximum Gasteiger partial charge on any atom is 0.352 e. The van der Waals surface area contributed by atoms with Crippen LogP contribution in [0.4, 0.5) is 17.3 Å². The minimum atomic E-state index is -0.550. The van der Waals surface area contributed by atoms with E-state index in [1.807, 2.05) is 6.92 Å². The summed E-state index contributed by atoms with van der Waals surface area (Å²) in [5, 5.41) is 14.1. The van der Waals surface area contributed by atoms with Crippen LogP contribution in [0.15, 0.2) is 6.33 Å². The predicted octanol–water partition coefficient (Wildman–Crippen LogP) is 1.25. The summed E-state index contributed by atoms with van der Waals surface area (Å²) in [5.41, 5.74) is 5.29. The molecule has 8 heteroatoms. The van der Waals surface area contributed by atoms with Gasteiger partial charge in [-0.15, -0.1) is 0 Å². The van der Waals surface area contributed by atoms with Crippen LogP contribution in [0.3, 0.4) is 0 Å². The lowest BCUT2D eigenvalue weighted by molar-refractivity contribution is -0.383. The minimum absolute atomic E-state index is 0.0566. The van der Waals surface area contributed by atoms with Crippen molar-refractivity contribution in [3.05, 3.63) is 16.4 Å². The molecule has 0 aromatic carbocycles. The van der Waals surface area contributed by atoms with E-state index < -0.39 is 4.92 Å². The van der Waals surface area contributed by atoms with Crippen molar-refractivity contribution in [3.8, 4) is 0 Å². The Morgan fingerprint density at radius 1 is 1.45 bits per heavy atom. The third-order valence-corrected chi connectivity index (χ3v) is 3.40. The van der Waals surface area contributed by atoms with E-state index in [2.05, 4.69) is 20.2 Å². The van der Waals surface area contributed by atoms with Gasteiger partial charge in [-0.1, -0.05) is 6.42 Å². The molecule has 0 radical (unpaired) electrons. The number of piperidine rings is 1. The summed E-state index contributed by atoms with van der Waals surface area (Å²) in [6, 6.07) is 0.0566. The largest absolute Gasteiger partial charge is 0.378 e. The van der Waals surface area contributed by atoms with Gasteiger partial charge in [-0.25, -0.2) is 9.97 Å². The number of nitrogens with two attached hydrogens (primary N) is 1. The fourth-order valence-electron chi connectivity index (χ4n) is 2.49. The van der Waals surface area contributed by atoms with Crippen LogP contribution in [0, 0.1) is 10.1 Å². The van der Waals surface area contributed by atoms with Crippen LogP contribution >= 0.6 is 0 Å². The van der Waals surface area contributed by atoms with Crippen molar-refractivity contribution in [2.24, 2.45) is 0 Å². The van der Waals surface area contributed by atoms with Crippen LogP contribution in [0.25, 0.3) is 0 Å². The molecule has 1 aliphatic heterocycles. The van der Waals surface area contributed by atoms with Crippen molar-refractivity contribution in [2.75, 3.05) is 30.7 Å². The molecule has 1 unspecified atom stereocenters. The number of aromatic nitrogens is 2. The van der Waals surface area contributed by atoms with E-state index in [-0.39, 0.29) is 23.4 Å². The maximum atomic E-state index is 11.0. The van der Waals surface area contributed by atoms with E-state index >= 15 is 0 Å². The molecule has 3 N–H and O–H groups in total. The van der Waals surface area contributed by atoms with Gasteiger partial charge in [0.25, 0.3) is 0 Å². The Kier molecular flexibility index (Phi) is 4.67. The zero-order valence-electron chi connectivity index (χ0n) is 11.6. The van der Waals surface area contributed by atoms with Crippen molar-refractivity contribution in [2.45, 2.75) is 32.2 Å². The highest BCUT2D eigenvalue weighted by molar-refractivity contribution is 5.67. The van der Waals surface area contributed by atoms with E-state index in [9.17, 15) is 10.1 Å². The molecule has 1 aliphatic rings. The van der Waals surface area contributed by atoms with Gasteiger partial charge in [-0.05, 0) is 32.9 Å². The van der Waals surface area contributed by atoms with Crippen LogP contribution in [-0.2, 0) is 0 Å². The Bertz CT molecular complexity index is 475. The van der Waals surface area contributed by atoms with Gasteiger partial charge >= 0.3 is 5.69 Å². The molecule has 8 nitrogen and oxygen atoms in total. The van der Waals surface area contributed by atoms with E-state index in [1.54, 1.807) is 0 Å². The van der Waals surface area contributed by atoms with E-state index in [4.69, 9.17) is 5.73 Å². The van der Waals surface area contributed by atoms with Crippen LogP contribution in [0.5, 0.6) is 0 Å². The molecule has 1 aromatic heterocycles. The van der Waals surface area contributed by atoms with Gasteiger partial charge in [-0.3, -0.25) is 10.1 Å². The van der Waals surface area contributed by atoms with Crippen LogP contribution in [0.2, 0.25) is 0 Å². The number of nitrogens with one attached hydrogen (secondary N) is 1. The predicted molar refractivity (Wildman–Crippen MR) is 76.5 cm³/mol. The first-order valence-electron chi connectivity index (χ1n) is 6.81. The van der Waals surface area contributed by atoms with Crippen molar-refractivity contribution in [1.29, 1.82) is 0 Å². The van der Waals surface area contributed by atoms with Gasteiger partial charge < -0.3 is 16.0 Å². The summed E-state index contributed by atoms with van der Waals surface area (Å²) in [6.07, 6.45) is 4.95. The van der Waals surface area contributed by atoms with Gasteiger partial charge in [0.2, 0.25) is 11.6 Å². The molecule has 20 heavy (non-hydrogen) atoms. The highest BCUT2D eigenvalue weighted by Gasteiger charge is 2.22. The minimum Gasteiger partial charge on any atom is -0.378 e. The molecule has 1 saturated heterocycles. The van der Waals surface area contributed by atoms with Gasteiger partial charge in [0.05, 0.1) is 4.92 Å². The molecule has 2 rings (SSSR count). The van der Waals surface area contributed by atoms with Crippen LogP contribution in [-0.4, -0.2) is 45.5 Å². The second-order valence-electron chi connectivity index (χ2n) is 5.12. The Balaban J connectivity index is 2.01. The lowest BCUT2D eigenvalue weighted by Crippen LogP contribution is -2.38. The number of nitrogen functional groups attached to an aromatic ring is 1. The average molecular weight is 280 g/mol. The number of anilines is 2. The summed E-state index contributed by atoms with van der Waals surface area (Å²) in [4.78, 5) is 20.4. The second-order valence-corrected chi connectivity index (χ2v) is 5.12. The van der Waals surface area contributed by atoms with Crippen molar-refractivity contribution in [1.82, 2.24) is 14.9 Å². The maximum absolute atomic E-state index is 11.0. The first-order valence-corrected chi connectivity index (χ1v) is 6.81. The molecule has 1 fully saturated rings. The first-order chi connectivity index (χ1) is 9.58. The molecule has 0 amide bonds. The third kappa shape index (κ3) is 3.53. The lowest BCUT2D eigenvalue weighted by Gasteiger charge is -2.29. The number of likely N-dealkylation sites (tertiary alicyclic amines) is 1. The quantitative estimate of drug-likeness (QED) is 0.617. The molecule has 0 saturated carbocycles. The second kappa shape index (κ2) is 6.47. The topological polar surface area (TPSA) is 110 Å². The smallest absolute Gasteiger partial charge is 0.352 e. The standard InChI is InChI=1S/C12H20N6O2/c1-9(7-17-5-3-2-4-6-17)16-12-10(18(19)20)11(13)14-8-15-12/h8-9H,2-7H2,1H3,(H3,13,14,15,16).